The number of hydrogen-bond donors (Lipinski definition) is 2. The molecule has 6 nitrogen and oxygen atoms in total. The van der Waals surface area contributed by atoms with Gasteiger partial charge in [-0.15, -0.1) is 0 Å². The Balaban J connectivity index is 2.40. The SMILES string of the molecule is O=C(NCCOCC(F)(F)F)c1ccnc(C(=O)O)c1. The maximum atomic E-state index is 11.8. The Kier molecular flexibility index (Phi) is 5.44. The standard InChI is InChI=1S/C11H11F3N2O4/c12-11(13,14)6-20-4-3-16-9(17)7-1-2-15-8(5-7)10(18)19/h1-2,5H,3-4,6H2,(H,16,17)(H,18,19). The molecule has 2 N–H and O–H groups in total. The highest BCUT2D eigenvalue weighted by atomic mass is 19.4. The highest BCUT2D eigenvalue weighted by Gasteiger charge is 2.27. The van der Waals surface area contributed by atoms with E-state index in [1.54, 1.807) is 0 Å². The van der Waals surface area contributed by atoms with Gasteiger partial charge in [0.05, 0.1) is 6.61 Å². The van der Waals surface area contributed by atoms with Crippen molar-refractivity contribution in [3.05, 3.63) is 29.6 Å². The summed E-state index contributed by atoms with van der Waals surface area (Å²) in [5.41, 5.74) is -0.251. The van der Waals surface area contributed by atoms with Crippen LogP contribution < -0.4 is 5.32 Å². The van der Waals surface area contributed by atoms with Crippen LogP contribution in [0.25, 0.3) is 0 Å². The first-order chi connectivity index (χ1) is 9.29. The van der Waals surface area contributed by atoms with Crippen LogP contribution >= 0.6 is 0 Å². The lowest BCUT2D eigenvalue weighted by Gasteiger charge is -2.08. The fraction of sp³-hybridized carbons (Fsp3) is 0.364. The van der Waals surface area contributed by atoms with Gasteiger partial charge in [0.25, 0.3) is 5.91 Å². The number of carbonyl (C=O) groups excluding carboxylic acids is 1. The fourth-order valence-electron chi connectivity index (χ4n) is 1.22. The highest BCUT2D eigenvalue weighted by Crippen LogP contribution is 2.13. The third kappa shape index (κ3) is 5.65. The minimum Gasteiger partial charge on any atom is -0.477 e. The van der Waals surface area contributed by atoms with Crippen LogP contribution in [0.1, 0.15) is 20.8 Å². The number of aromatic nitrogens is 1. The van der Waals surface area contributed by atoms with Crippen molar-refractivity contribution in [3.8, 4) is 0 Å². The zero-order valence-corrected chi connectivity index (χ0v) is 10.1. The summed E-state index contributed by atoms with van der Waals surface area (Å²) in [7, 11) is 0. The third-order valence-electron chi connectivity index (χ3n) is 2.04. The molecule has 0 bridgehead atoms. The van der Waals surface area contributed by atoms with Crippen molar-refractivity contribution in [2.45, 2.75) is 6.18 Å². The largest absolute Gasteiger partial charge is 0.477 e. The van der Waals surface area contributed by atoms with Gasteiger partial charge in [-0.05, 0) is 12.1 Å². The van der Waals surface area contributed by atoms with Crippen LogP contribution in [0.4, 0.5) is 13.2 Å². The number of amides is 1. The van der Waals surface area contributed by atoms with Gasteiger partial charge >= 0.3 is 12.1 Å². The highest BCUT2D eigenvalue weighted by molar-refractivity contribution is 5.96. The van der Waals surface area contributed by atoms with E-state index < -0.39 is 24.7 Å². The zero-order chi connectivity index (χ0) is 15.2. The van der Waals surface area contributed by atoms with Crippen LogP contribution in [0.3, 0.4) is 0 Å². The molecule has 0 saturated heterocycles. The Bertz CT molecular complexity index is 491. The molecule has 0 aliphatic carbocycles. The molecular weight excluding hydrogens is 281 g/mol. The van der Waals surface area contributed by atoms with E-state index in [-0.39, 0.29) is 24.4 Å². The molecule has 0 aliphatic heterocycles. The normalized spacial score (nSPS) is 11.2. The zero-order valence-electron chi connectivity index (χ0n) is 10.1. The minimum atomic E-state index is -4.41. The summed E-state index contributed by atoms with van der Waals surface area (Å²) in [6.07, 6.45) is -3.26. The minimum absolute atomic E-state index is 0.0493. The molecule has 1 rings (SSSR count). The van der Waals surface area contributed by atoms with Crippen molar-refractivity contribution < 1.29 is 32.6 Å². The second-order valence-corrected chi connectivity index (χ2v) is 3.66. The predicted octanol–water partition coefficient (Wildman–Crippen LogP) is 1.09. The summed E-state index contributed by atoms with van der Waals surface area (Å²) in [6.45, 7) is -1.82. The molecule has 0 aliphatic rings. The van der Waals surface area contributed by atoms with Crippen molar-refractivity contribution in [1.29, 1.82) is 0 Å². The lowest BCUT2D eigenvalue weighted by atomic mass is 10.2. The van der Waals surface area contributed by atoms with Crippen molar-refractivity contribution in [1.82, 2.24) is 10.3 Å². The number of carbonyl (C=O) groups is 2. The van der Waals surface area contributed by atoms with Gasteiger partial charge in [-0.25, -0.2) is 9.78 Å². The quantitative estimate of drug-likeness (QED) is 0.766. The molecule has 20 heavy (non-hydrogen) atoms. The van der Waals surface area contributed by atoms with E-state index in [4.69, 9.17) is 5.11 Å². The van der Waals surface area contributed by atoms with E-state index in [1.165, 1.54) is 6.07 Å². The number of nitrogens with zero attached hydrogens (tertiary/aromatic N) is 1. The number of rotatable bonds is 6. The molecule has 0 unspecified atom stereocenters. The predicted molar refractivity (Wildman–Crippen MR) is 60.4 cm³/mol. The van der Waals surface area contributed by atoms with E-state index in [9.17, 15) is 22.8 Å². The van der Waals surface area contributed by atoms with E-state index in [1.807, 2.05) is 0 Å². The second-order valence-electron chi connectivity index (χ2n) is 3.66. The van der Waals surface area contributed by atoms with Gasteiger partial charge in [0.15, 0.2) is 0 Å². The number of ether oxygens (including phenoxy) is 1. The summed E-state index contributed by atoms with van der Waals surface area (Å²) in [5.74, 6) is -1.90. The van der Waals surface area contributed by atoms with Gasteiger partial charge in [0, 0.05) is 18.3 Å². The molecule has 1 amide bonds. The number of nitrogens with one attached hydrogen (secondary N) is 1. The summed E-state index contributed by atoms with van der Waals surface area (Å²) in [5, 5.41) is 11.0. The van der Waals surface area contributed by atoms with Crippen molar-refractivity contribution in [3.63, 3.8) is 0 Å². The monoisotopic (exact) mass is 292 g/mol. The van der Waals surface area contributed by atoms with Crippen molar-refractivity contribution >= 4 is 11.9 Å². The summed E-state index contributed by atoms with van der Waals surface area (Å²) >= 11 is 0. The Morgan fingerprint density at radius 2 is 2.10 bits per heavy atom. The first-order valence-corrected chi connectivity index (χ1v) is 5.41. The average molecular weight is 292 g/mol. The summed E-state index contributed by atoms with van der Waals surface area (Å²) in [4.78, 5) is 25.7. The molecule has 110 valence electrons. The van der Waals surface area contributed by atoms with Gasteiger partial charge < -0.3 is 15.2 Å². The number of carboxylic acids is 1. The summed E-state index contributed by atoms with van der Waals surface area (Å²) in [6, 6.07) is 2.35. The molecular formula is C11H11F3N2O4. The smallest absolute Gasteiger partial charge is 0.411 e. The van der Waals surface area contributed by atoms with Crippen LogP contribution in [-0.4, -0.2) is 47.9 Å². The van der Waals surface area contributed by atoms with Crippen molar-refractivity contribution in [2.24, 2.45) is 0 Å². The van der Waals surface area contributed by atoms with Gasteiger partial charge in [-0.3, -0.25) is 4.79 Å². The van der Waals surface area contributed by atoms with Crippen molar-refractivity contribution in [2.75, 3.05) is 19.8 Å². The topological polar surface area (TPSA) is 88.5 Å². The summed E-state index contributed by atoms with van der Waals surface area (Å²) < 4.78 is 39.6. The molecule has 0 aromatic carbocycles. The van der Waals surface area contributed by atoms with Crippen LogP contribution in [0, 0.1) is 0 Å². The molecule has 0 saturated carbocycles. The molecule has 1 heterocycles. The lowest BCUT2D eigenvalue weighted by Crippen LogP contribution is -2.29. The number of aromatic carboxylic acids is 1. The molecule has 9 heteroatoms. The lowest BCUT2D eigenvalue weighted by molar-refractivity contribution is -0.173. The van der Waals surface area contributed by atoms with E-state index in [0.717, 1.165) is 12.3 Å². The van der Waals surface area contributed by atoms with E-state index >= 15 is 0 Å². The Morgan fingerprint density at radius 1 is 1.40 bits per heavy atom. The van der Waals surface area contributed by atoms with Gasteiger partial charge in [-0.2, -0.15) is 13.2 Å². The van der Waals surface area contributed by atoms with Crippen LogP contribution in [0.5, 0.6) is 0 Å². The van der Waals surface area contributed by atoms with Gasteiger partial charge in [-0.1, -0.05) is 0 Å². The third-order valence-corrected chi connectivity index (χ3v) is 2.04. The molecule has 0 fully saturated rings. The second kappa shape index (κ2) is 6.85. The number of carboxylic acid groups (broad SMARTS) is 1. The number of pyridine rings is 1. The number of alkyl halides is 3. The van der Waals surface area contributed by atoms with Crippen LogP contribution in [0.15, 0.2) is 18.3 Å². The van der Waals surface area contributed by atoms with E-state index in [2.05, 4.69) is 15.0 Å². The maximum Gasteiger partial charge on any atom is 0.411 e. The van der Waals surface area contributed by atoms with E-state index in [0.29, 0.717) is 0 Å². The molecule has 1 aromatic rings. The van der Waals surface area contributed by atoms with Crippen LogP contribution in [-0.2, 0) is 4.74 Å². The average Bonchev–Trinajstić information content (AvgIpc) is 2.37. The molecule has 1 aromatic heterocycles. The number of halogens is 3. The first-order valence-electron chi connectivity index (χ1n) is 5.41. The first kappa shape index (κ1) is 15.9. The number of hydrogen-bond acceptors (Lipinski definition) is 4. The fourth-order valence-corrected chi connectivity index (χ4v) is 1.22. The molecule has 0 spiro atoms. The Hall–Kier alpha value is -2.16. The van der Waals surface area contributed by atoms with Crippen LogP contribution in [0.2, 0.25) is 0 Å². The van der Waals surface area contributed by atoms with Gasteiger partial charge in [0.2, 0.25) is 0 Å². The van der Waals surface area contributed by atoms with Gasteiger partial charge in [0.1, 0.15) is 12.3 Å². The molecule has 0 atom stereocenters. The Labute approximate surface area is 111 Å². The molecule has 0 radical (unpaired) electrons. The maximum absolute atomic E-state index is 11.8. The Morgan fingerprint density at radius 3 is 2.70 bits per heavy atom.